The molecule has 0 radical (unpaired) electrons. The van der Waals surface area contributed by atoms with Gasteiger partial charge < -0.3 is 13.9 Å². The Morgan fingerprint density at radius 1 is 0.619 bits per heavy atom. The van der Waals surface area contributed by atoms with Crippen molar-refractivity contribution in [2.75, 3.05) is 7.11 Å². The van der Waals surface area contributed by atoms with Gasteiger partial charge >= 0.3 is 0 Å². The lowest BCUT2D eigenvalue weighted by Crippen LogP contribution is -2.45. The topological polar surface area (TPSA) is 31.6 Å². The first-order valence-electron chi connectivity index (χ1n) is 14.4. The summed E-state index contributed by atoms with van der Waals surface area (Å²) in [5.74, 6) is 2.39. The minimum atomic E-state index is -0.888. The number of ether oxygens (including phenoxy) is 2. The zero-order valence-corrected chi connectivity index (χ0v) is 23.6. The van der Waals surface area contributed by atoms with E-state index in [-0.39, 0.29) is 5.92 Å². The first-order chi connectivity index (χ1) is 20.7. The van der Waals surface area contributed by atoms with Crippen LogP contribution in [0.2, 0.25) is 0 Å². The molecule has 2 aliphatic rings. The molecule has 42 heavy (non-hydrogen) atoms. The Balaban J connectivity index is 1.57. The van der Waals surface area contributed by atoms with Crippen LogP contribution >= 0.6 is 0 Å². The summed E-state index contributed by atoms with van der Waals surface area (Å²) in [6.07, 6.45) is 0. The van der Waals surface area contributed by atoms with E-state index in [1.807, 2.05) is 12.1 Å². The van der Waals surface area contributed by atoms with Crippen molar-refractivity contribution in [3.05, 3.63) is 184 Å². The maximum absolute atomic E-state index is 7.84. The van der Waals surface area contributed by atoms with E-state index >= 15 is 0 Å². The van der Waals surface area contributed by atoms with Gasteiger partial charge in [0.25, 0.3) is 0 Å². The van der Waals surface area contributed by atoms with Crippen LogP contribution in [0.15, 0.2) is 144 Å². The Labute approximate surface area is 246 Å². The molecule has 6 aromatic rings. The van der Waals surface area contributed by atoms with E-state index in [1.54, 1.807) is 7.11 Å². The fourth-order valence-electron chi connectivity index (χ4n) is 7.41. The van der Waals surface area contributed by atoms with Crippen LogP contribution in [0.1, 0.15) is 50.6 Å². The number of furan rings is 1. The van der Waals surface area contributed by atoms with E-state index in [0.717, 1.165) is 45.1 Å². The Kier molecular flexibility index (Phi) is 5.53. The number of benzene rings is 5. The van der Waals surface area contributed by atoms with Gasteiger partial charge in [0.15, 0.2) is 0 Å². The van der Waals surface area contributed by atoms with Crippen LogP contribution in [0.5, 0.6) is 5.75 Å². The van der Waals surface area contributed by atoms with Gasteiger partial charge in [0, 0.05) is 16.7 Å². The molecule has 2 bridgehead atoms. The molecule has 0 spiro atoms. The molecular formula is C39H30O3. The van der Waals surface area contributed by atoms with Crippen molar-refractivity contribution < 1.29 is 13.9 Å². The van der Waals surface area contributed by atoms with Gasteiger partial charge in [-0.3, -0.25) is 0 Å². The molecule has 1 aliphatic carbocycles. The average molecular weight is 547 g/mol. The molecule has 1 aromatic heterocycles. The number of aryl methyl sites for hydroxylation is 1. The minimum Gasteiger partial charge on any atom is -0.497 e. The van der Waals surface area contributed by atoms with Crippen LogP contribution in [0.25, 0.3) is 11.3 Å². The predicted molar refractivity (Wildman–Crippen MR) is 165 cm³/mol. The second-order valence-electron chi connectivity index (χ2n) is 11.1. The lowest BCUT2D eigenvalue weighted by molar-refractivity contribution is -0.0992. The lowest BCUT2D eigenvalue weighted by Gasteiger charge is -2.47. The third-order valence-corrected chi connectivity index (χ3v) is 9.07. The van der Waals surface area contributed by atoms with Crippen LogP contribution in [0, 0.1) is 6.92 Å². The molecule has 8 rings (SSSR count). The molecule has 5 aromatic carbocycles. The molecule has 0 unspecified atom stereocenters. The van der Waals surface area contributed by atoms with Gasteiger partial charge in [0.05, 0.1) is 13.0 Å². The zero-order valence-electron chi connectivity index (χ0n) is 23.6. The Morgan fingerprint density at radius 3 is 1.83 bits per heavy atom. The summed E-state index contributed by atoms with van der Waals surface area (Å²) in [6.45, 7) is 2.11. The van der Waals surface area contributed by atoms with Crippen molar-refractivity contribution in [2.45, 2.75) is 24.0 Å². The lowest BCUT2D eigenvalue weighted by atomic mass is 9.68. The molecule has 1 aliphatic heterocycles. The maximum atomic E-state index is 7.84. The van der Waals surface area contributed by atoms with E-state index in [4.69, 9.17) is 13.9 Å². The fraction of sp³-hybridized carbons (Fsp3) is 0.128. The van der Waals surface area contributed by atoms with Crippen LogP contribution in [0.3, 0.4) is 0 Å². The molecule has 3 atom stereocenters. The van der Waals surface area contributed by atoms with E-state index in [2.05, 4.69) is 134 Å². The van der Waals surface area contributed by atoms with Crippen LogP contribution in [-0.2, 0) is 15.9 Å². The maximum Gasteiger partial charge on any atom is 0.149 e. The molecular weight excluding hydrogens is 516 g/mol. The largest absolute Gasteiger partial charge is 0.497 e. The van der Waals surface area contributed by atoms with Gasteiger partial charge in [-0.05, 0) is 59.0 Å². The van der Waals surface area contributed by atoms with Crippen molar-refractivity contribution in [3.63, 3.8) is 0 Å². The highest BCUT2D eigenvalue weighted by Crippen LogP contribution is 2.69. The molecule has 0 N–H and O–H groups in total. The van der Waals surface area contributed by atoms with Crippen molar-refractivity contribution in [1.29, 1.82) is 0 Å². The number of hydrogen-bond donors (Lipinski definition) is 0. The number of hydrogen-bond acceptors (Lipinski definition) is 3. The number of fused-ring (bicyclic) bond motifs is 2. The summed E-state index contributed by atoms with van der Waals surface area (Å²) in [5, 5.41) is 0. The quantitative estimate of drug-likeness (QED) is 0.216. The van der Waals surface area contributed by atoms with Crippen LogP contribution in [-0.4, -0.2) is 7.11 Å². The third kappa shape index (κ3) is 3.26. The van der Waals surface area contributed by atoms with Crippen molar-refractivity contribution in [2.24, 2.45) is 0 Å². The molecule has 2 heterocycles. The summed E-state index contributed by atoms with van der Waals surface area (Å²) in [5.41, 5.74) is 7.30. The molecule has 0 fully saturated rings. The van der Waals surface area contributed by atoms with E-state index in [9.17, 15) is 0 Å². The zero-order chi connectivity index (χ0) is 28.3. The molecule has 3 nitrogen and oxygen atoms in total. The smallest absolute Gasteiger partial charge is 0.149 e. The molecule has 0 saturated carbocycles. The van der Waals surface area contributed by atoms with Crippen molar-refractivity contribution in [3.8, 4) is 17.1 Å². The summed E-state index contributed by atoms with van der Waals surface area (Å²) in [4.78, 5) is 0. The van der Waals surface area contributed by atoms with Crippen molar-refractivity contribution in [1.82, 2.24) is 0 Å². The Bertz CT molecular complexity index is 1890. The summed E-state index contributed by atoms with van der Waals surface area (Å²) < 4.78 is 20.2. The number of rotatable bonds is 5. The van der Waals surface area contributed by atoms with E-state index < -0.39 is 11.2 Å². The van der Waals surface area contributed by atoms with Gasteiger partial charge in [-0.15, -0.1) is 0 Å². The molecule has 3 heteroatoms. The highest BCUT2D eigenvalue weighted by molar-refractivity contribution is 5.76. The first kappa shape index (κ1) is 24.9. The van der Waals surface area contributed by atoms with E-state index in [1.165, 1.54) is 16.7 Å². The van der Waals surface area contributed by atoms with Gasteiger partial charge in [-0.2, -0.15) is 0 Å². The predicted octanol–water partition coefficient (Wildman–Crippen LogP) is 8.97. The third-order valence-electron chi connectivity index (χ3n) is 9.07. The summed E-state index contributed by atoms with van der Waals surface area (Å²) in [6, 6.07) is 49.0. The van der Waals surface area contributed by atoms with E-state index in [0.29, 0.717) is 0 Å². The van der Waals surface area contributed by atoms with Gasteiger partial charge in [-0.25, -0.2) is 0 Å². The number of methoxy groups -OCH3 is 1. The molecule has 0 amide bonds. The highest BCUT2D eigenvalue weighted by atomic mass is 16.5. The molecule has 0 saturated heterocycles. The summed E-state index contributed by atoms with van der Waals surface area (Å²) >= 11 is 0. The first-order valence-corrected chi connectivity index (χ1v) is 14.4. The van der Waals surface area contributed by atoms with Crippen LogP contribution < -0.4 is 4.74 Å². The Hall–Kier alpha value is -4.86. The fourth-order valence-corrected chi connectivity index (χ4v) is 7.41. The van der Waals surface area contributed by atoms with Gasteiger partial charge in [0.2, 0.25) is 0 Å². The standard InChI is InChI=1S/C39H30O3/c1-26-34-35(27-14-6-3-7-15-27)38(29-16-8-4-9-17-29)32-20-12-13-21-33(32)39(42-38,30-18-10-5-11-19-30)36(34)37(41-26)28-22-24-31(40-2)25-23-28/h3-25,35H,1-2H3/t35-,38-,39+/m0/s1. The monoisotopic (exact) mass is 546 g/mol. The van der Waals surface area contributed by atoms with Crippen molar-refractivity contribution >= 4 is 0 Å². The second kappa shape index (κ2) is 9.34. The van der Waals surface area contributed by atoms with Gasteiger partial charge in [-0.1, -0.05) is 115 Å². The minimum absolute atomic E-state index is 0.146. The van der Waals surface area contributed by atoms with Gasteiger partial charge in [0.1, 0.15) is 28.5 Å². The SMILES string of the molecule is COc1ccc(-c2oc(C)c3c2[C@]2(c4ccccc4)O[C@@](c4ccccc4)(c4ccccc42)[C@H]3c2ccccc2)cc1. The average Bonchev–Trinajstić information content (AvgIpc) is 3.55. The second-order valence-corrected chi connectivity index (χ2v) is 11.1. The highest BCUT2D eigenvalue weighted by Gasteiger charge is 2.66. The van der Waals surface area contributed by atoms with Crippen LogP contribution in [0.4, 0.5) is 0 Å². The normalized spacial score (nSPS) is 21.9. The summed E-state index contributed by atoms with van der Waals surface area (Å²) in [7, 11) is 1.69. The Morgan fingerprint density at radius 2 is 1.19 bits per heavy atom. The molecule has 204 valence electrons.